The molecule has 0 aliphatic carbocycles. The molecule has 0 saturated carbocycles. The van der Waals surface area contributed by atoms with Crippen LogP contribution in [0.1, 0.15) is 25.0 Å². The molecule has 4 N–H and O–H groups in total. The van der Waals surface area contributed by atoms with Gasteiger partial charge in [-0.3, -0.25) is 15.0 Å². The quantitative estimate of drug-likeness (QED) is 0.131. The number of benzene rings is 1. The molecular weight excluding hydrogens is 520 g/mol. The average molecular weight is 557 g/mol. The highest BCUT2D eigenvalue weighted by atomic mass is 32.1. The number of rotatable bonds is 9. The lowest BCUT2D eigenvalue weighted by Crippen LogP contribution is -2.39. The number of aliphatic hydroxyl groups is 1. The summed E-state index contributed by atoms with van der Waals surface area (Å²) in [5.74, 6) is 0.527. The van der Waals surface area contributed by atoms with Crippen molar-refractivity contribution in [1.29, 1.82) is 5.41 Å². The zero-order valence-corrected chi connectivity index (χ0v) is 23.6. The van der Waals surface area contributed by atoms with Crippen LogP contribution in [0.2, 0.25) is 0 Å². The predicted molar refractivity (Wildman–Crippen MR) is 162 cm³/mol. The molecule has 0 radical (unpaired) electrons. The first-order valence-corrected chi connectivity index (χ1v) is 14.8. The predicted octanol–water partition coefficient (Wildman–Crippen LogP) is 4.93. The number of anilines is 2. The van der Waals surface area contributed by atoms with Crippen LogP contribution in [0.3, 0.4) is 0 Å². The summed E-state index contributed by atoms with van der Waals surface area (Å²) in [5, 5.41) is 34.8. The summed E-state index contributed by atoms with van der Waals surface area (Å²) < 4.78 is 0. The van der Waals surface area contributed by atoms with E-state index in [0.717, 1.165) is 95.4 Å². The van der Waals surface area contributed by atoms with Gasteiger partial charge in [-0.1, -0.05) is 6.58 Å². The zero-order chi connectivity index (χ0) is 27.6. The van der Waals surface area contributed by atoms with Crippen LogP contribution in [0.4, 0.5) is 10.8 Å². The van der Waals surface area contributed by atoms with Gasteiger partial charge in [-0.05, 0) is 74.6 Å². The fraction of sp³-hybridized carbons (Fsp3) is 0.400. The highest BCUT2D eigenvalue weighted by Crippen LogP contribution is 2.31. The molecule has 2 saturated heterocycles. The number of aromatic amines is 1. The van der Waals surface area contributed by atoms with E-state index in [1.165, 1.54) is 0 Å². The Morgan fingerprint density at radius 1 is 1.15 bits per heavy atom. The number of thiazole rings is 1. The van der Waals surface area contributed by atoms with Crippen LogP contribution in [0.15, 0.2) is 60.3 Å². The molecule has 1 aromatic carbocycles. The molecule has 2 atom stereocenters. The molecule has 2 aliphatic rings. The first-order valence-electron chi connectivity index (χ1n) is 13.9. The Bertz CT molecular complexity index is 1490. The van der Waals surface area contributed by atoms with Gasteiger partial charge in [0.2, 0.25) is 0 Å². The number of nitrogens with zero attached hydrogens (tertiary/aromatic N) is 5. The molecule has 0 amide bonds. The summed E-state index contributed by atoms with van der Waals surface area (Å²) >= 11 is 1.68. The van der Waals surface area contributed by atoms with E-state index >= 15 is 0 Å². The third-order valence-electron chi connectivity index (χ3n) is 8.26. The molecule has 5 heterocycles. The third-order valence-corrected chi connectivity index (χ3v) is 9.09. The Kier molecular flexibility index (Phi) is 7.64. The fourth-order valence-electron chi connectivity index (χ4n) is 5.93. The van der Waals surface area contributed by atoms with E-state index in [0.29, 0.717) is 12.5 Å². The van der Waals surface area contributed by atoms with Gasteiger partial charge in [0, 0.05) is 77.9 Å². The van der Waals surface area contributed by atoms with Crippen LogP contribution in [-0.2, 0) is 0 Å². The minimum atomic E-state index is -0.851. The maximum atomic E-state index is 11.0. The minimum absolute atomic E-state index is 0.190. The third kappa shape index (κ3) is 5.65. The van der Waals surface area contributed by atoms with E-state index in [1.807, 2.05) is 48.8 Å². The van der Waals surface area contributed by atoms with E-state index in [4.69, 9.17) is 5.41 Å². The number of H-pyrrole nitrogens is 1. The van der Waals surface area contributed by atoms with Crippen molar-refractivity contribution in [2.75, 3.05) is 42.9 Å². The monoisotopic (exact) mass is 556 g/mol. The van der Waals surface area contributed by atoms with E-state index in [2.05, 4.69) is 41.9 Å². The van der Waals surface area contributed by atoms with Crippen molar-refractivity contribution >= 4 is 38.8 Å². The molecule has 1 unspecified atom stereocenters. The van der Waals surface area contributed by atoms with Crippen LogP contribution < -0.4 is 10.2 Å². The fourth-order valence-corrected chi connectivity index (χ4v) is 6.63. The van der Waals surface area contributed by atoms with Crippen LogP contribution in [-0.4, -0.2) is 74.8 Å². The molecule has 9 nitrogen and oxygen atoms in total. The minimum Gasteiger partial charge on any atom is -0.370 e. The number of piperidine rings is 1. The number of pyridine rings is 1. The van der Waals surface area contributed by atoms with Gasteiger partial charge in [-0.2, -0.15) is 5.10 Å². The van der Waals surface area contributed by atoms with Crippen molar-refractivity contribution in [3.63, 3.8) is 0 Å². The van der Waals surface area contributed by atoms with Gasteiger partial charge < -0.3 is 20.7 Å². The number of likely N-dealkylation sites (tertiary alicyclic amines) is 1. The van der Waals surface area contributed by atoms with E-state index in [-0.39, 0.29) is 5.92 Å². The van der Waals surface area contributed by atoms with E-state index in [9.17, 15) is 5.11 Å². The van der Waals surface area contributed by atoms with Crippen molar-refractivity contribution in [2.45, 2.75) is 32.4 Å². The Morgan fingerprint density at radius 2 is 1.98 bits per heavy atom. The maximum Gasteiger partial charge on any atom is 0.185 e. The smallest absolute Gasteiger partial charge is 0.185 e. The average Bonchev–Trinajstić information content (AvgIpc) is 3.74. The van der Waals surface area contributed by atoms with Crippen LogP contribution in [0.5, 0.6) is 0 Å². The summed E-state index contributed by atoms with van der Waals surface area (Å²) in [6, 6.07) is 9.91. The Labute approximate surface area is 238 Å². The molecule has 0 bridgehead atoms. The van der Waals surface area contributed by atoms with Gasteiger partial charge in [0.25, 0.3) is 0 Å². The van der Waals surface area contributed by atoms with Crippen LogP contribution in [0, 0.1) is 24.2 Å². The molecule has 208 valence electrons. The summed E-state index contributed by atoms with van der Waals surface area (Å²) in [7, 11) is 0. The van der Waals surface area contributed by atoms with Gasteiger partial charge >= 0.3 is 0 Å². The van der Waals surface area contributed by atoms with Crippen molar-refractivity contribution in [1.82, 2.24) is 25.1 Å². The number of aliphatic hydroxyl groups excluding tert-OH is 1. The largest absolute Gasteiger partial charge is 0.370 e. The molecule has 2 fully saturated rings. The van der Waals surface area contributed by atoms with Crippen molar-refractivity contribution in [3.05, 3.63) is 66.0 Å². The summed E-state index contributed by atoms with van der Waals surface area (Å²) in [6.07, 6.45) is 5.76. The normalized spacial score (nSPS) is 19.2. The lowest BCUT2D eigenvalue weighted by molar-refractivity contribution is 0.224. The Hall–Kier alpha value is -3.60. The van der Waals surface area contributed by atoms with Crippen LogP contribution in [0.25, 0.3) is 22.2 Å². The maximum absolute atomic E-state index is 11.0. The first-order chi connectivity index (χ1) is 19.4. The SMILES string of the molecule is C=C(C1CCN(CC(=N)C2CCN(c3nccs3)CC2)C1)[C@H](O)Nc1ccc2[nH]nc(-c3ccnc(C)c3)c2c1. The van der Waals surface area contributed by atoms with Gasteiger partial charge in [0.1, 0.15) is 11.9 Å². The number of aryl methyl sites for hydroxylation is 1. The number of fused-ring (bicyclic) bond motifs is 1. The highest BCUT2D eigenvalue weighted by molar-refractivity contribution is 7.13. The molecule has 10 heteroatoms. The molecule has 0 spiro atoms. The lowest BCUT2D eigenvalue weighted by Gasteiger charge is -2.33. The van der Waals surface area contributed by atoms with Crippen molar-refractivity contribution in [2.24, 2.45) is 11.8 Å². The second kappa shape index (κ2) is 11.5. The molecule has 6 rings (SSSR count). The van der Waals surface area contributed by atoms with Crippen molar-refractivity contribution < 1.29 is 5.11 Å². The first kappa shape index (κ1) is 26.6. The number of hydrogen-bond donors (Lipinski definition) is 4. The van der Waals surface area contributed by atoms with Crippen LogP contribution >= 0.6 is 11.3 Å². The van der Waals surface area contributed by atoms with E-state index in [1.54, 1.807) is 17.5 Å². The number of hydrogen-bond acceptors (Lipinski definition) is 9. The molecule has 40 heavy (non-hydrogen) atoms. The second-order valence-corrected chi connectivity index (χ2v) is 11.8. The Balaban J connectivity index is 1.02. The molecule has 2 aliphatic heterocycles. The standard InChI is InChI=1S/C30H36N8OS/c1-19-15-22(5-9-32-19)28-25-16-24(3-4-27(25)35-36-28)34-29(39)20(2)23-6-11-37(17-23)18-26(31)21-7-12-38(13-8-21)30-33-10-14-40-30/h3-5,9-10,14-16,21,23,29,31,34,39H,2,6-8,11-13,17-18H2,1H3,(H,35,36)/t23?,29-/m0/s1. The Morgan fingerprint density at radius 3 is 2.75 bits per heavy atom. The molecular formula is C30H36N8OS. The summed E-state index contributed by atoms with van der Waals surface area (Å²) in [5.41, 5.74) is 6.18. The van der Waals surface area contributed by atoms with Gasteiger partial charge in [0.15, 0.2) is 5.13 Å². The number of nitrogens with one attached hydrogen (secondary N) is 3. The highest BCUT2D eigenvalue weighted by Gasteiger charge is 2.30. The van der Waals surface area contributed by atoms with Crippen molar-refractivity contribution in [3.8, 4) is 11.3 Å². The number of aromatic nitrogens is 4. The van der Waals surface area contributed by atoms with Gasteiger partial charge in [0.05, 0.1) is 5.52 Å². The second-order valence-electron chi connectivity index (χ2n) is 11.0. The zero-order valence-electron chi connectivity index (χ0n) is 22.8. The topological polar surface area (TPSA) is 117 Å². The lowest BCUT2D eigenvalue weighted by atomic mass is 9.92. The summed E-state index contributed by atoms with van der Waals surface area (Å²) in [6.45, 7) is 10.6. The molecule has 4 aromatic rings. The summed E-state index contributed by atoms with van der Waals surface area (Å²) in [4.78, 5) is 13.4. The van der Waals surface area contributed by atoms with Gasteiger partial charge in [-0.15, -0.1) is 11.3 Å². The van der Waals surface area contributed by atoms with E-state index < -0.39 is 6.23 Å². The van der Waals surface area contributed by atoms with Gasteiger partial charge in [-0.25, -0.2) is 4.98 Å². The molecule has 3 aromatic heterocycles.